The van der Waals surface area contributed by atoms with E-state index in [-0.39, 0.29) is 12.1 Å². The SMILES string of the molecule is CCC1COCCN1C(=O)Nc1ccnn1-c1cc(C)ccn1. The van der Waals surface area contributed by atoms with Crippen LogP contribution in [0.15, 0.2) is 30.6 Å². The van der Waals surface area contributed by atoms with Crippen LogP contribution >= 0.6 is 0 Å². The molecule has 0 aromatic carbocycles. The van der Waals surface area contributed by atoms with Gasteiger partial charge in [0.15, 0.2) is 5.82 Å². The standard InChI is InChI=1S/C16H21N5O2/c1-3-13-11-23-9-8-20(13)16(22)19-14-5-7-18-21(14)15-10-12(2)4-6-17-15/h4-7,10,13H,3,8-9,11H2,1-2H3,(H,19,22). The summed E-state index contributed by atoms with van der Waals surface area (Å²) in [5, 5.41) is 7.20. The van der Waals surface area contributed by atoms with Crippen molar-refractivity contribution in [1.82, 2.24) is 19.7 Å². The maximum Gasteiger partial charge on any atom is 0.323 e. The third-order valence-electron chi connectivity index (χ3n) is 3.96. The number of hydrogen-bond donors (Lipinski definition) is 1. The van der Waals surface area contributed by atoms with E-state index in [1.54, 1.807) is 23.1 Å². The molecular weight excluding hydrogens is 294 g/mol. The minimum atomic E-state index is -0.130. The number of rotatable bonds is 3. The highest BCUT2D eigenvalue weighted by Gasteiger charge is 2.26. The van der Waals surface area contributed by atoms with E-state index in [1.165, 1.54) is 0 Å². The Hall–Kier alpha value is -2.41. The van der Waals surface area contributed by atoms with Crippen LogP contribution < -0.4 is 5.32 Å². The molecule has 3 rings (SSSR count). The van der Waals surface area contributed by atoms with Crippen LogP contribution in [-0.4, -0.2) is 51.5 Å². The number of hydrogen-bond acceptors (Lipinski definition) is 4. The van der Waals surface area contributed by atoms with E-state index in [2.05, 4.69) is 22.3 Å². The van der Waals surface area contributed by atoms with Gasteiger partial charge in [-0.2, -0.15) is 9.78 Å². The zero-order valence-corrected chi connectivity index (χ0v) is 13.4. The molecule has 1 aliphatic heterocycles. The quantitative estimate of drug-likeness (QED) is 0.942. The topological polar surface area (TPSA) is 72.3 Å². The Labute approximate surface area is 135 Å². The van der Waals surface area contributed by atoms with E-state index in [0.29, 0.717) is 31.4 Å². The van der Waals surface area contributed by atoms with Gasteiger partial charge in [-0.1, -0.05) is 6.92 Å². The summed E-state index contributed by atoms with van der Waals surface area (Å²) in [6.07, 6.45) is 4.25. The van der Waals surface area contributed by atoms with Gasteiger partial charge in [0.05, 0.1) is 25.5 Å². The summed E-state index contributed by atoms with van der Waals surface area (Å²) in [6, 6.07) is 5.59. The van der Waals surface area contributed by atoms with Crippen LogP contribution in [0.1, 0.15) is 18.9 Å². The van der Waals surface area contributed by atoms with Gasteiger partial charge in [0.25, 0.3) is 0 Å². The van der Waals surface area contributed by atoms with Gasteiger partial charge >= 0.3 is 6.03 Å². The van der Waals surface area contributed by atoms with Crippen molar-refractivity contribution in [3.63, 3.8) is 0 Å². The first-order chi connectivity index (χ1) is 11.2. The van der Waals surface area contributed by atoms with Gasteiger partial charge in [0, 0.05) is 18.8 Å². The highest BCUT2D eigenvalue weighted by atomic mass is 16.5. The summed E-state index contributed by atoms with van der Waals surface area (Å²) in [5.74, 6) is 1.29. The van der Waals surface area contributed by atoms with Gasteiger partial charge in [0.1, 0.15) is 5.82 Å². The molecule has 0 aliphatic carbocycles. The molecule has 7 heteroatoms. The monoisotopic (exact) mass is 315 g/mol. The largest absolute Gasteiger partial charge is 0.377 e. The normalized spacial score (nSPS) is 18.0. The molecule has 1 fully saturated rings. The molecule has 122 valence electrons. The Morgan fingerprint density at radius 3 is 3.09 bits per heavy atom. The number of carbonyl (C=O) groups excluding carboxylic acids is 1. The molecule has 1 N–H and O–H groups in total. The van der Waals surface area contributed by atoms with Gasteiger partial charge in [-0.15, -0.1) is 0 Å². The molecule has 1 saturated heterocycles. The van der Waals surface area contributed by atoms with Crippen molar-refractivity contribution in [2.45, 2.75) is 26.3 Å². The van der Waals surface area contributed by atoms with E-state index >= 15 is 0 Å². The number of aromatic nitrogens is 3. The number of nitrogens with zero attached hydrogens (tertiary/aromatic N) is 4. The Morgan fingerprint density at radius 1 is 1.43 bits per heavy atom. The number of carbonyl (C=O) groups is 1. The van der Waals surface area contributed by atoms with Crippen LogP contribution in [0.4, 0.5) is 10.6 Å². The molecule has 1 atom stereocenters. The first kappa shape index (κ1) is 15.5. The number of urea groups is 1. The molecule has 2 aromatic rings. The number of pyridine rings is 1. The van der Waals surface area contributed by atoms with E-state index in [4.69, 9.17) is 4.74 Å². The number of nitrogens with one attached hydrogen (secondary N) is 1. The van der Waals surface area contributed by atoms with Gasteiger partial charge in [0.2, 0.25) is 0 Å². The predicted octanol–water partition coefficient (Wildman–Crippen LogP) is 2.22. The van der Waals surface area contributed by atoms with E-state index in [1.807, 2.05) is 24.0 Å². The Balaban J connectivity index is 1.78. The van der Waals surface area contributed by atoms with Gasteiger partial charge in [-0.05, 0) is 31.0 Å². The molecule has 7 nitrogen and oxygen atoms in total. The van der Waals surface area contributed by atoms with Gasteiger partial charge in [-0.3, -0.25) is 5.32 Å². The zero-order chi connectivity index (χ0) is 16.2. The van der Waals surface area contributed by atoms with Crippen molar-refractivity contribution in [3.05, 3.63) is 36.2 Å². The average Bonchev–Trinajstić information content (AvgIpc) is 3.03. The number of morpholine rings is 1. The Bertz CT molecular complexity index is 685. The smallest absolute Gasteiger partial charge is 0.323 e. The lowest BCUT2D eigenvalue weighted by molar-refractivity contribution is 0.0143. The molecule has 2 amide bonds. The first-order valence-corrected chi connectivity index (χ1v) is 7.81. The summed E-state index contributed by atoms with van der Waals surface area (Å²) >= 11 is 0. The number of amides is 2. The number of ether oxygens (including phenoxy) is 1. The lowest BCUT2D eigenvalue weighted by atomic mass is 10.2. The highest BCUT2D eigenvalue weighted by Crippen LogP contribution is 2.16. The van der Waals surface area contributed by atoms with Crippen LogP contribution in [0.2, 0.25) is 0 Å². The van der Waals surface area contributed by atoms with E-state index in [9.17, 15) is 4.79 Å². The van der Waals surface area contributed by atoms with Crippen molar-refractivity contribution in [3.8, 4) is 5.82 Å². The third-order valence-corrected chi connectivity index (χ3v) is 3.96. The molecule has 2 aromatic heterocycles. The van der Waals surface area contributed by atoms with Crippen molar-refractivity contribution in [2.75, 3.05) is 25.1 Å². The van der Waals surface area contributed by atoms with Crippen molar-refractivity contribution >= 4 is 11.8 Å². The number of aryl methyl sites for hydroxylation is 1. The van der Waals surface area contributed by atoms with E-state index in [0.717, 1.165) is 12.0 Å². The fourth-order valence-corrected chi connectivity index (χ4v) is 2.66. The zero-order valence-electron chi connectivity index (χ0n) is 13.4. The summed E-state index contributed by atoms with van der Waals surface area (Å²) in [4.78, 5) is 18.7. The van der Waals surface area contributed by atoms with Crippen molar-refractivity contribution in [2.24, 2.45) is 0 Å². The summed E-state index contributed by atoms with van der Waals surface area (Å²) in [5.41, 5.74) is 1.09. The molecule has 3 heterocycles. The average molecular weight is 315 g/mol. The Kier molecular flexibility index (Phi) is 4.57. The van der Waals surface area contributed by atoms with Crippen molar-refractivity contribution in [1.29, 1.82) is 0 Å². The minimum Gasteiger partial charge on any atom is -0.377 e. The molecule has 0 saturated carbocycles. The van der Waals surface area contributed by atoms with Crippen LogP contribution in [0.5, 0.6) is 0 Å². The lowest BCUT2D eigenvalue weighted by Gasteiger charge is -2.34. The second-order valence-corrected chi connectivity index (χ2v) is 5.58. The Morgan fingerprint density at radius 2 is 2.30 bits per heavy atom. The maximum atomic E-state index is 12.6. The molecule has 0 radical (unpaired) electrons. The molecule has 0 spiro atoms. The summed E-state index contributed by atoms with van der Waals surface area (Å²) < 4.78 is 7.08. The van der Waals surface area contributed by atoms with Crippen LogP contribution in [0.25, 0.3) is 5.82 Å². The second kappa shape index (κ2) is 6.78. The fourth-order valence-electron chi connectivity index (χ4n) is 2.66. The number of anilines is 1. The lowest BCUT2D eigenvalue weighted by Crippen LogP contribution is -2.50. The van der Waals surface area contributed by atoms with Crippen molar-refractivity contribution < 1.29 is 9.53 Å². The third kappa shape index (κ3) is 3.34. The van der Waals surface area contributed by atoms with Gasteiger partial charge < -0.3 is 9.64 Å². The van der Waals surface area contributed by atoms with E-state index < -0.39 is 0 Å². The molecular formula is C16H21N5O2. The molecule has 1 unspecified atom stereocenters. The summed E-state index contributed by atoms with van der Waals surface area (Å²) in [7, 11) is 0. The predicted molar refractivity (Wildman–Crippen MR) is 86.7 cm³/mol. The molecule has 23 heavy (non-hydrogen) atoms. The maximum absolute atomic E-state index is 12.6. The fraction of sp³-hybridized carbons (Fsp3) is 0.438. The minimum absolute atomic E-state index is 0.109. The van der Waals surface area contributed by atoms with Crippen LogP contribution in [0.3, 0.4) is 0 Å². The summed E-state index contributed by atoms with van der Waals surface area (Å²) in [6.45, 7) is 5.81. The molecule has 0 bridgehead atoms. The first-order valence-electron chi connectivity index (χ1n) is 7.81. The molecule has 1 aliphatic rings. The second-order valence-electron chi connectivity index (χ2n) is 5.58. The van der Waals surface area contributed by atoms with Crippen LogP contribution in [0, 0.1) is 6.92 Å². The van der Waals surface area contributed by atoms with Gasteiger partial charge in [-0.25, -0.2) is 9.78 Å². The van der Waals surface area contributed by atoms with Crippen LogP contribution in [-0.2, 0) is 4.74 Å². The highest BCUT2D eigenvalue weighted by molar-refractivity contribution is 5.89.